The van der Waals surface area contributed by atoms with Gasteiger partial charge in [-0.15, -0.1) is 17.9 Å². The van der Waals surface area contributed by atoms with Crippen molar-refractivity contribution >= 4 is 67.1 Å². The van der Waals surface area contributed by atoms with Gasteiger partial charge in [0.1, 0.15) is 34.2 Å². The molecule has 2 aromatic carbocycles. The highest BCUT2D eigenvalue weighted by atomic mass is 32.2. The van der Waals surface area contributed by atoms with Crippen LogP contribution in [0.4, 0.5) is 20.4 Å². The lowest BCUT2D eigenvalue weighted by molar-refractivity contribution is -0.879. The van der Waals surface area contributed by atoms with Crippen LogP contribution in [0.5, 0.6) is 11.5 Å². The lowest BCUT2D eigenvalue weighted by atomic mass is 10.0. The number of sulfonamides is 1. The van der Waals surface area contributed by atoms with Crippen LogP contribution in [0.15, 0.2) is 71.5 Å². The van der Waals surface area contributed by atoms with Crippen molar-refractivity contribution in [3.8, 4) is 22.9 Å². The first kappa shape index (κ1) is 47.2. The van der Waals surface area contributed by atoms with Crippen molar-refractivity contribution in [2.45, 2.75) is 120 Å². The number of aliphatic carboxylic acids is 1. The van der Waals surface area contributed by atoms with E-state index < -0.39 is 68.3 Å². The highest BCUT2D eigenvalue weighted by molar-refractivity contribution is 7.90. The predicted molar refractivity (Wildman–Crippen MR) is 246 cm³/mol. The number of ether oxygens (including phenoxy) is 3. The summed E-state index contributed by atoms with van der Waals surface area (Å²) in [6.45, 7) is 12.9. The Hall–Kier alpha value is -5.79. The molecule has 2 unspecified atom stereocenters. The van der Waals surface area contributed by atoms with Crippen molar-refractivity contribution in [2.24, 2.45) is 5.92 Å². The number of fused-ring (bicyclic) bond motifs is 3. The minimum atomic E-state index is -4.58. The van der Waals surface area contributed by atoms with Crippen molar-refractivity contribution in [2.75, 3.05) is 30.8 Å². The number of anilines is 2. The Bertz CT molecular complexity index is 2580. The number of pyridine rings is 1. The summed E-state index contributed by atoms with van der Waals surface area (Å²) in [5, 5.41) is 20.8. The fourth-order valence-corrected chi connectivity index (χ4v) is 10.8. The number of carboxylic acid groups (broad SMARTS) is 1. The van der Waals surface area contributed by atoms with Gasteiger partial charge in [0, 0.05) is 47.9 Å². The minimum Gasteiger partial charge on any atom is -0.497 e. The molecule has 1 saturated carbocycles. The molecule has 0 bridgehead atoms. The molecule has 2 aliphatic heterocycles. The van der Waals surface area contributed by atoms with Crippen LogP contribution in [0.25, 0.3) is 22.3 Å². The van der Waals surface area contributed by atoms with E-state index in [0.29, 0.717) is 71.1 Å². The van der Waals surface area contributed by atoms with Gasteiger partial charge in [0.2, 0.25) is 0 Å². The summed E-state index contributed by atoms with van der Waals surface area (Å²) in [5.41, 5.74) is 0.681. The summed E-state index contributed by atoms with van der Waals surface area (Å²) in [7, 11) is -3.04. The molecular formula is C46H58N7O10S2+. The van der Waals surface area contributed by atoms with E-state index in [1.165, 1.54) is 23.5 Å². The van der Waals surface area contributed by atoms with Crippen molar-refractivity contribution < 1.29 is 51.4 Å². The third-order valence-electron chi connectivity index (χ3n) is 11.9. The number of para-hydroxylation sites is 1. The molecule has 2 aromatic heterocycles. The lowest BCUT2D eigenvalue weighted by Gasteiger charge is -2.41. The number of urea groups is 1. The number of amides is 4. The number of thiazole rings is 1. The summed E-state index contributed by atoms with van der Waals surface area (Å²) in [5.74, 6) is -1.81. The molecule has 1 aliphatic carbocycles. The van der Waals surface area contributed by atoms with Gasteiger partial charge in [-0.25, -0.2) is 32.7 Å². The molecule has 17 nitrogen and oxygen atoms in total. The summed E-state index contributed by atoms with van der Waals surface area (Å²) < 4.78 is 47.7. The molecule has 19 heteroatoms. The molecule has 4 aromatic rings. The number of carbonyl (C=O) groups excluding carboxylic acids is 3. The van der Waals surface area contributed by atoms with E-state index in [0.717, 1.165) is 4.90 Å². The summed E-state index contributed by atoms with van der Waals surface area (Å²) in [6, 6.07) is 8.12. The monoisotopic (exact) mass is 932 g/mol. The number of methoxy groups -OCH3 is 1. The number of imide groups is 1. The fraction of sp³-hybridized carbons (Fsp3) is 0.478. The average Bonchev–Trinajstić information content (AvgIpc) is 3.67. The molecule has 7 rings (SSSR count). The maximum atomic E-state index is 15.5. The highest BCUT2D eigenvalue weighted by Gasteiger charge is 2.66. The fourth-order valence-electron chi connectivity index (χ4n) is 8.78. The first-order valence-corrected chi connectivity index (χ1v) is 24.3. The lowest BCUT2D eigenvalue weighted by Crippen LogP contribution is -2.69. The number of nitrogens with zero attached hydrogens (tertiary/aromatic N) is 4. The Morgan fingerprint density at radius 3 is 2.49 bits per heavy atom. The normalized spacial score (nSPS) is 25.0. The zero-order valence-electron chi connectivity index (χ0n) is 37.5. The Morgan fingerprint density at radius 1 is 1.05 bits per heavy atom. The zero-order valence-corrected chi connectivity index (χ0v) is 39.2. The topological polar surface area (TPSA) is 215 Å². The van der Waals surface area contributed by atoms with Gasteiger partial charge in [-0.3, -0.25) is 9.69 Å². The minimum absolute atomic E-state index is 0.0146. The van der Waals surface area contributed by atoms with E-state index >= 15 is 9.59 Å². The second kappa shape index (κ2) is 19.0. The first-order chi connectivity index (χ1) is 30.8. The number of quaternary nitrogens is 1. The van der Waals surface area contributed by atoms with Crippen LogP contribution in [-0.2, 0) is 24.3 Å². The van der Waals surface area contributed by atoms with Gasteiger partial charge in [-0.05, 0) is 84.1 Å². The molecular weight excluding hydrogens is 875 g/mol. The Kier molecular flexibility index (Phi) is 13.8. The van der Waals surface area contributed by atoms with Crippen LogP contribution in [-0.4, -0.2) is 113 Å². The van der Waals surface area contributed by atoms with Crippen LogP contribution >= 0.6 is 11.3 Å². The van der Waals surface area contributed by atoms with E-state index in [9.17, 15) is 23.1 Å². The number of carboxylic acids is 1. The number of aromatic nitrogens is 2. The molecule has 65 heavy (non-hydrogen) atoms. The van der Waals surface area contributed by atoms with E-state index in [2.05, 4.69) is 21.9 Å². The van der Waals surface area contributed by atoms with E-state index in [-0.39, 0.29) is 48.3 Å². The maximum absolute atomic E-state index is 15.5. The van der Waals surface area contributed by atoms with Crippen LogP contribution in [0.1, 0.15) is 79.6 Å². The smallest absolute Gasteiger partial charge is 0.497 e. The number of hydrogen-bond donors (Lipinski definition) is 4. The number of rotatable bonds is 9. The molecule has 4 N–H and O–H groups in total. The standard InChI is InChI=1S/C46H57N7O10S2/c1-8-28-21-36(28)52-41(54)38-23-30(62-39-24-34(35-26-64-43(50-35)48-27(2)3)49-33-22-29(61-7)18-19-31(33)39)25-53(38,45(58)63-46(4,5)6)37(42(55)56)16-11-9-10-14-20-47-32-15-12-13-17-40(32)65(59,60)51-44(52)57/h8,12-13,15,17-19,22,24,26-28,30,36-38,47H,1,9-11,14,16,20-21,23,25H2,2-7H3,(H2-,48,50,51,55,56,57)/p+1/t28-,30-,36-,37?,38+,53?/m1/s1. The van der Waals surface area contributed by atoms with Crippen LogP contribution < -0.4 is 24.8 Å². The average molecular weight is 933 g/mol. The quantitative estimate of drug-likeness (QED) is 0.0932. The number of hydrogen-bond acceptors (Lipinski definition) is 14. The van der Waals surface area contributed by atoms with Gasteiger partial charge in [-0.2, -0.15) is 9.28 Å². The Morgan fingerprint density at radius 2 is 1.80 bits per heavy atom. The summed E-state index contributed by atoms with van der Waals surface area (Å²) in [4.78, 5) is 69.2. The zero-order chi connectivity index (χ0) is 46.8. The second-order valence-corrected chi connectivity index (χ2v) is 20.6. The third kappa shape index (κ3) is 10.2. The maximum Gasteiger partial charge on any atom is 0.517 e. The predicted octanol–water partition coefficient (Wildman–Crippen LogP) is 7.79. The highest BCUT2D eigenvalue weighted by Crippen LogP contribution is 2.44. The molecule has 6 atom stereocenters. The van der Waals surface area contributed by atoms with Crippen LogP contribution in [0.2, 0.25) is 0 Å². The number of benzene rings is 2. The van der Waals surface area contributed by atoms with E-state index in [1.807, 2.05) is 19.2 Å². The van der Waals surface area contributed by atoms with Gasteiger partial charge < -0.3 is 30.0 Å². The molecule has 0 spiro atoms. The Labute approximate surface area is 383 Å². The van der Waals surface area contributed by atoms with Gasteiger partial charge in [0.25, 0.3) is 15.9 Å². The molecule has 348 valence electrons. The molecule has 1 saturated heterocycles. The Balaban J connectivity index is 1.37. The van der Waals surface area contributed by atoms with Crippen LogP contribution in [0.3, 0.4) is 0 Å². The van der Waals surface area contributed by atoms with E-state index in [4.69, 9.17) is 24.2 Å². The number of nitrogens with one attached hydrogen (secondary N) is 3. The van der Waals surface area contributed by atoms with E-state index in [1.54, 1.807) is 70.4 Å². The summed E-state index contributed by atoms with van der Waals surface area (Å²) >= 11 is 1.41. The molecule has 3 aliphatic rings. The second-order valence-electron chi connectivity index (χ2n) is 18.1. The van der Waals surface area contributed by atoms with Crippen molar-refractivity contribution in [1.82, 2.24) is 19.6 Å². The molecule has 4 heterocycles. The van der Waals surface area contributed by atoms with Crippen molar-refractivity contribution in [1.29, 1.82) is 0 Å². The summed E-state index contributed by atoms with van der Waals surface area (Å²) in [6.07, 6.45) is 1.82. The van der Waals surface area contributed by atoms with Gasteiger partial charge in [0.05, 0.1) is 30.4 Å². The van der Waals surface area contributed by atoms with Gasteiger partial charge >= 0.3 is 18.1 Å². The van der Waals surface area contributed by atoms with Crippen molar-refractivity contribution in [3.63, 3.8) is 0 Å². The van der Waals surface area contributed by atoms with Gasteiger partial charge in [-0.1, -0.05) is 31.1 Å². The van der Waals surface area contributed by atoms with Crippen LogP contribution in [0, 0.1) is 5.92 Å². The molecule has 4 amide bonds. The van der Waals surface area contributed by atoms with Gasteiger partial charge in [0.15, 0.2) is 23.3 Å². The number of carbonyl (C=O) groups is 4. The molecule has 0 radical (unpaired) electrons. The van der Waals surface area contributed by atoms with Crippen molar-refractivity contribution in [3.05, 3.63) is 66.6 Å². The SMILES string of the molecule is C=C[C@@H]1C[C@H]1N1C(=O)NS(=O)(=O)c2ccccc2NCCCCCCC(C(=O)O)[N+]2(C(=O)OC(C)(C)C)C[C@H](Oc3cc(-c4csc(NC(C)C)n4)nc4cc(OC)ccc34)C[C@H]2C1=O. The first-order valence-electron chi connectivity index (χ1n) is 21.9. The molecule has 2 fully saturated rings. The largest absolute Gasteiger partial charge is 0.517 e. The third-order valence-corrected chi connectivity index (χ3v) is 14.0.